The zero-order valence-corrected chi connectivity index (χ0v) is 10.6. The molecular weight excluding hydrogens is 232 g/mol. The van der Waals surface area contributed by atoms with Crippen LogP contribution in [0.5, 0.6) is 5.75 Å². The number of nitrogens with zero attached hydrogens (tertiary/aromatic N) is 1. The van der Waals surface area contributed by atoms with Crippen LogP contribution in [0.15, 0.2) is 29.4 Å². The van der Waals surface area contributed by atoms with Gasteiger partial charge in [0.15, 0.2) is 0 Å². The SMILES string of the molecule is CCNC(=O)CCOc1ccccc1C(C)=NO. The van der Waals surface area contributed by atoms with Gasteiger partial charge in [-0.15, -0.1) is 0 Å². The minimum absolute atomic E-state index is 0.0393. The lowest BCUT2D eigenvalue weighted by Gasteiger charge is -2.10. The molecule has 1 aromatic carbocycles. The third-order valence-electron chi connectivity index (χ3n) is 2.39. The summed E-state index contributed by atoms with van der Waals surface area (Å²) in [5, 5.41) is 14.6. The van der Waals surface area contributed by atoms with E-state index in [1.807, 2.05) is 19.1 Å². The van der Waals surface area contributed by atoms with E-state index in [2.05, 4.69) is 10.5 Å². The Balaban J connectivity index is 2.60. The molecule has 1 amide bonds. The summed E-state index contributed by atoms with van der Waals surface area (Å²) in [6, 6.07) is 7.24. The van der Waals surface area contributed by atoms with Crippen LogP contribution in [0, 0.1) is 0 Å². The smallest absolute Gasteiger partial charge is 0.223 e. The first-order chi connectivity index (χ1) is 8.69. The van der Waals surface area contributed by atoms with Crippen molar-refractivity contribution in [2.75, 3.05) is 13.2 Å². The summed E-state index contributed by atoms with van der Waals surface area (Å²) >= 11 is 0. The molecule has 1 aromatic rings. The molecule has 5 nitrogen and oxygen atoms in total. The van der Waals surface area contributed by atoms with E-state index >= 15 is 0 Å². The Morgan fingerprint density at radius 1 is 1.44 bits per heavy atom. The fourth-order valence-corrected chi connectivity index (χ4v) is 1.48. The topological polar surface area (TPSA) is 70.9 Å². The summed E-state index contributed by atoms with van der Waals surface area (Å²) in [6.45, 7) is 4.47. The maximum Gasteiger partial charge on any atom is 0.223 e. The second-order valence-corrected chi connectivity index (χ2v) is 3.73. The van der Waals surface area contributed by atoms with Crippen LogP contribution in [0.25, 0.3) is 0 Å². The fourth-order valence-electron chi connectivity index (χ4n) is 1.48. The van der Waals surface area contributed by atoms with Crippen LogP contribution in [0.2, 0.25) is 0 Å². The summed E-state index contributed by atoms with van der Waals surface area (Å²) in [5.41, 5.74) is 1.19. The summed E-state index contributed by atoms with van der Waals surface area (Å²) in [7, 11) is 0. The lowest BCUT2D eigenvalue weighted by molar-refractivity contribution is -0.121. The molecule has 5 heteroatoms. The van der Waals surface area contributed by atoms with Crippen molar-refractivity contribution in [2.45, 2.75) is 20.3 Å². The molecule has 18 heavy (non-hydrogen) atoms. The van der Waals surface area contributed by atoms with Gasteiger partial charge in [0.05, 0.1) is 18.7 Å². The number of ether oxygens (including phenoxy) is 1. The first kappa shape index (κ1) is 14.0. The van der Waals surface area contributed by atoms with Gasteiger partial charge in [0.1, 0.15) is 5.75 Å². The Kier molecular flexibility index (Phi) is 5.70. The number of carbonyl (C=O) groups is 1. The minimum atomic E-state index is -0.0393. The van der Waals surface area contributed by atoms with Gasteiger partial charge in [0.25, 0.3) is 0 Å². The molecule has 0 saturated heterocycles. The normalized spacial score (nSPS) is 11.1. The number of oxime groups is 1. The van der Waals surface area contributed by atoms with E-state index in [4.69, 9.17) is 9.94 Å². The van der Waals surface area contributed by atoms with E-state index < -0.39 is 0 Å². The molecule has 0 aromatic heterocycles. The number of rotatable bonds is 6. The number of hydrogen-bond donors (Lipinski definition) is 2. The Morgan fingerprint density at radius 2 is 2.17 bits per heavy atom. The maximum atomic E-state index is 11.3. The van der Waals surface area contributed by atoms with Crippen LogP contribution in [-0.4, -0.2) is 30.0 Å². The molecule has 0 aliphatic rings. The molecule has 0 radical (unpaired) electrons. The number of carbonyl (C=O) groups excluding carboxylic acids is 1. The third-order valence-corrected chi connectivity index (χ3v) is 2.39. The van der Waals surface area contributed by atoms with Gasteiger partial charge in [-0.25, -0.2) is 0 Å². The second kappa shape index (κ2) is 7.32. The quantitative estimate of drug-likeness (QED) is 0.459. The Labute approximate surface area is 106 Å². The first-order valence-corrected chi connectivity index (χ1v) is 5.86. The Bertz CT molecular complexity index is 430. The number of hydrogen-bond acceptors (Lipinski definition) is 4. The highest BCUT2D eigenvalue weighted by molar-refractivity contribution is 6.00. The first-order valence-electron chi connectivity index (χ1n) is 5.86. The van der Waals surface area contributed by atoms with Crippen LogP contribution in [0.3, 0.4) is 0 Å². The fraction of sp³-hybridized carbons (Fsp3) is 0.385. The number of benzene rings is 1. The molecule has 0 unspecified atom stereocenters. The van der Waals surface area contributed by atoms with Crippen LogP contribution in [0.1, 0.15) is 25.8 Å². The average molecular weight is 250 g/mol. The lowest BCUT2D eigenvalue weighted by atomic mass is 10.1. The van der Waals surface area contributed by atoms with Gasteiger partial charge in [-0.3, -0.25) is 4.79 Å². The van der Waals surface area contributed by atoms with Gasteiger partial charge in [-0.1, -0.05) is 17.3 Å². The Morgan fingerprint density at radius 3 is 2.83 bits per heavy atom. The molecule has 0 bridgehead atoms. The molecule has 98 valence electrons. The van der Waals surface area contributed by atoms with Crippen molar-refractivity contribution in [3.8, 4) is 5.75 Å². The molecular formula is C13H18N2O3. The maximum absolute atomic E-state index is 11.3. The van der Waals surface area contributed by atoms with Crippen LogP contribution >= 0.6 is 0 Å². The zero-order valence-electron chi connectivity index (χ0n) is 10.6. The molecule has 0 fully saturated rings. The number of para-hydroxylation sites is 1. The monoisotopic (exact) mass is 250 g/mol. The Hall–Kier alpha value is -2.04. The van der Waals surface area contributed by atoms with Gasteiger partial charge in [-0.2, -0.15) is 0 Å². The van der Waals surface area contributed by atoms with E-state index in [-0.39, 0.29) is 5.91 Å². The van der Waals surface area contributed by atoms with E-state index in [1.54, 1.807) is 19.1 Å². The highest BCUT2D eigenvalue weighted by Crippen LogP contribution is 2.18. The van der Waals surface area contributed by atoms with Crippen molar-refractivity contribution in [3.63, 3.8) is 0 Å². The molecule has 0 atom stereocenters. The average Bonchev–Trinajstić information content (AvgIpc) is 2.39. The van der Waals surface area contributed by atoms with Crippen molar-refractivity contribution >= 4 is 11.6 Å². The highest BCUT2D eigenvalue weighted by Gasteiger charge is 2.07. The molecule has 0 heterocycles. The van der Waals surface area contributed by atoms with Gasteiger partial charge in [0.2, 0.25) is 5.91 Å². The van der Waals surface area contributed by atoms with Crippen molar-refractivity contribution < 1.29 is 14.7 Å². The number of amides is 1. The summed E-state index contributed by atoms with van der Waals surface area (Å²) in [4.78, 5) is 11.3. The van der Waals surface area contributed by atoms with Gasteiger partial charge >= 0.3 is 0 Å². The number of nitrogens with one attached hydrogen (secondary N) is 1. The van der Waals surface area contributed by atoms with Crippen molar-refractivity contribution in [1.82, 2.24) is 5.32 Å². The predicted octanol–water partition coefficient (Wildman–Crippen LogP) is 1.79. The van der Waals surface area contributed by atoms with E-state index in [1.165, 1.54) is 0 Å². The summed E-state index contributed by atoms with van der Waals surface area (Å²) in [6.07, 6.45) is 0.303. The minimum Gasteiger partial charge on any atom is -0.492 e. The molecule has 0 saturated carbocycles. The molecule has 0 spiro atoms. The highest BCUT2D eigenvalue weighted by atomic mass is 16.5. The van der Waals surface area contributed by atoms with Crippen molar-refractivity contribution in [3.05, 3.63) is 29.8 Å². The van der Waals surface area contributed by atoms with Crippen LogP contribution < -0.4 is 10.1 Å². The van der Waals surface area contributed by atoms with Crippen LogP contribution in [-0.2, 0) is 4.79 Å². The van der Waals surface area contributed by atoms with Gasteiger partial charge in [0, 0.05) is 12.1 Å². The third kappa shape index (κ3) is 4.08. The summed E-state index contributed by atoms with van der Waals surface area (Å²) in [5.74, 6) is 0.569. The van der Waals surface area contributed by atoms with Crippen molar-refractivity contribution in [2.24, 2.45) is 5.16 Å². The van der Waals surface area contributed by atoms with E-state index in [0.29, 0.717) is 31.0 Å². The zero-order chi connectivity index (χ0) is 13.4. The molecule has 0 aliphatic heterocycles. The van der Waals surface area contributed by atoms with Gasteiger partial charge in [-0.05, 0) is 26.0 Å². The lowest BCUT2D eigenvalue weighted by Crippen LogP contribution is -2.24. The standard InChI is InChI=1S/C13H18N2O3/c1-3-14-13(16)8-9-18-12-7-5-4-6-11(12)10(2)15-17/h4-7,17H,3,8-9H2,1-2H3,(H,14,16). The van der Waals surface area contributed by atoms with E-state index in [9.17, 15) is 4.79 Å². The van der Waals surface area contributed by atoms with Crippen LogP contribution in [0.4, 0.5) is 0 Å². The molecule has 0 aliphatic carbocycles. The van der Waals surface area contributed by atoms with E-state index in [0.717, 1.165) is 5.56 Å². The second-order valence-electron chi connectivity index (χ2n) is 3.73. The largest absolute Gasteiger partial charge is 0.492 e. The summed E-state index contributed by atoms with van der Waals surface area (Å²) < 4.78 is 5.52. The predicted molar refractivity (Wildman–Crippen MR) is 69.2 cm³/mol. The van der Waals surface area contributed by atoms with Crippen molar-refractivity contribution in [1.29, 1.82) is 0 Å². The molecule has 1 rings (SSSR count). The van der Waals surface area contributed by atoms with Gasteiger partial charge < -0.3 is 15.3 Å². The molecule has 2 N–H and O–H groups in total.